The molecule has 20 nitrogen and oxygen atoms in total. The van der Waals surface area contributed by atoms with Crippen LogP contribution in [0.2, 0.25) is 0 Å². The Morgan fingerprint density at radius 3 is 2.56 bits per heavy atom. The number of aromatic amines is 1. The highest BCUT2D eigenvalue weighted by atomic mass is 32.2. The highest BCUT2D eigenvalue weighted by Gasteiger charge is 2.56. The first-order chi connectivity index (χ1) is 23.6. The zero-order valence-electron chi connectivity index (χ0n) is 27.5. The zero-order valence-corrected chi connectivity index (χ0v) is 28.3. The second-order valence-electron chi connectivity index (χ2n) is 12.8. The normalized spacial score (nSPS) is 21.5. The van der Waals surface area contributed by atoms with Crippen LogP contribution in [0.25, 0.3) is 22.6 Å². The molecule has 2 aliphatic heterocycles. The number of carbonyl (C=O) groups is 3. The summed E-state index contributed by atoms with van der Waals surface area (Å²) in [5.41, 5.74) is 0.459. The maximum atomic E-state index is 12.9. The molecule has 2 saturated heterocycles. The van der Waals surface area contributed by atoms with E-state index in [0.717, 1.165) is 0 Å². The van der Waals surface area contributed by atoms with Gasteiger partial charge in [0.1, 0.15) is 30.2 Å². The van der Waals surface area contributed by atoms with Crippen LogP contribution in [-0.2, 0) is 38.2 Å². The molecule has 0 unspecified atom stereocenters. The van der Waals surface area contributed by atoms with Crippen molar-refractivity contribution in [2.24, 2.45) is 0 Å². The largest absolute Gasteiger partial charge is 0.444 e. The van der Waals surface area contributed by atoms with Gasteiger partial charge < -0.3 is 18.9 Å². The van der Waals surface area contributed by atoms with Crippen molar-refractivity contribution >= 4 is 45.1 Å². The van der Waals surface area contributed by atoms with Crippen LogP contribution in [0.4, 0.5) is 10.6 Å². The first kappa shape index (κ1) is 34.9. The molecule has 3 N–H and O–H groups in total. The lowest BCUT2D eigenvalue weighted by Gasteiger charge is -2.24. The van der Waals surface area contributed by atoms with Gasteiger partial charge in [0.15, 0.2) is 40.6 Å². The van der Waals surface area contributed by atoms with Crippen molar-refractivity contribution in [2.45, 2.75) is 83.4 Å². The van der Waals surface area contributed by atoms with E-state index in [1.807, 2.05) is 4.72 Å². The Labute approximate surface area is 284 Å². The third-order valence-electron chi connectivity index (χ3n) is 7.41. The SMILES string of the molecule is CC(C)(C)OC(=O)Nc1ncnc2c1ncn2[C@@H]1O[C@H](COS(=O)(=O)NC(=O)CCC(=O)c2ccccc2-c2nnn[nH]2)[C@H]2OC(C)(C)O[C@H]21. The predicted octanol–water partition coefficient (Wildman–Crippen LogP) is 1.81. The van der Waals surface area contributed by atoms with Crippen molar-refractivity contribution in [3.63, 3.8) is 0 Å². The number of hydrogen-bond donors (Lipinski definition) is 3. The van der Waals surface area contributed by atoms with Gasteiger partial charge in [-0.15, -0.1) is 5.10 Å². The maximum absolute atomic E-state index is 12.9. The Bertz CT molecular complexity index is 2010. The van der Waals surface area contributed by atoms with Crippen LogP contribution >= 0.6 is 0 Å². The van der Waals surface area contributed by atoms with Crippen molar-refractivity contribution in [2.75, 3.05) is 11.9 Å². The summed E-state index contributed by atoms with van der Waals surface area (Å²) < 4.78 is 57.7. The van der Waals surface area contributed by atoms with Crippen LogP contribution in [0, 0.1) is 0 Å². The van der Waals surface area contributed by atoms with Gasteiger partial charge in [0.05, 0.1) is 12.9 Å². The lowest BCUT2D eigenvalue weighted by molar-refractivity contribution is -0.198. The Morgan fingerprint density at radius 1 is 1.06 bits per heavy atom. The van der Waals surface area contributed by atoms with E-state index < -0.39 is 77.0 Å². The Balaban J connectivity index is 1.10. The van der Waals surface area contributed by atoms with Gasteiger partial charge in [-0.2, -0.15) is 8.42 Å². The van der Waals surface area contributed by atoms with E-state index in [9.17, 15) is 22.8 Å². The molecule has 2 aliphatic rings. The van der Waals surface area contributed by atoms with Gasteiger partial charge >= 0.3 is 16.4 Å². The third kappa shape index (κ3) is 7.75. The lowest BCUT2D eigenvalue weighted by Crippen LogP contribution is -2.37. The number of aromatic nitrogens is 8. The summed E-state index contributed by atoms with van der Waals surface area (Å²) in [6.07, 6.45) is -2.28. The van der Waals surface area contributed by atoms with Gasteiger partial charge in [0.25, 0.3) is 0 Å². The van der Waals surface area contributed by atoms with Crippen molar-refractivity contribution < 1.29 is 45.9 Å². The van der Waals surface area contributed by atoms with Gasteiger partial charge in [-0.05, 0) is 45.0 Å². The molecule has 5 heterocycles. The topological polar surface area (TPSA) is 254 Å². The highest BCUT2D eigenvalue weighted by Crippen LogP contribution is 2.44. The molecule has 2 amide bonds. The van der Waals surface area contributed by atoms with E-state index in [0.29, 0.717) is 5.56 Å². The first-order valence-corrected chi connectivity index (χ1v) is 16.7. The summed E-state index contributed by atoms with van der Waals surface area (Å²) in [7, 11) is -4.63. The molecule has 3 aromatic heterocycles. The lowest BCUT2D eigenvalue weighted by atomic mass is 10.00. The molecule has 0 spiro atoms. The molecule has 0 bridgehead atoms. The number of ketones is 1. The van der Waals surface area contributed by atoms with Gasteiger partial charge in [0, 0.05) is 24.0 Å². The fourth-order valence-electron chi connectivity index (χ4n) is 5.49. The summed E-state index contributed by atoms with van der Waals surface area (Å²) in [6, 6.07) is 6.53. The van der Waals surface area contributed by atoms with E-state index in [4.69, 9.17) is 23.1 Å². The van der Waals surface area contributed by atoms with E-state index >= 15 is 0 Å². The van der Waals surface area contributed by atoms with Crippen molar-refractivity contribution in [3.8, 4) is 11.4 Å². The molecule has 0 radical (unpaired) electrons. The fraction of sp³-hybridized carbons (Fsp3) is 0.483. The molecule has 4 atom stereocenters. The smallest absolute Gasteiger partial charge is 0.413 e. The van der Waals surface area contributed by atoms with Crippen LogP contribution in [-0.4, -0.2) is 103 Å². The number of anilines is 1. The number of Topliss-reactive ketones (excluding diaryl/α,β-unsaturated/α-hetero) is 1. The molecule has 266 valence electrons. The summed E-state index contributed by atoms with van der Waals surface area (Å²) in [5.74, 6) is -2.08. The summed E-state index contributed by atoms with van der Waals surface area (Å²) in [6.45, 7) is 8.00. The first-order valence-electron chi connectivity index (χ1n) is 15.3. The Hall–Kier alpha value is -4.96. The number of hydrogen-bond acceptors (Lipinski definition) is 16. The average molecular weight is 715 g/mol. The molecule has 4 aromatic rings. The van der Waals surface area contributed by atoms with Crippen LogP contribution < -0.4 is 10.0 Å². The minimum absolute atomic E-state index is 0.0983. The van der Waals surface area contributed by atoms with Crippen molar-refractivity contribution in [3.05, 3.63) is 42.5 Å². The van der Waals surface area contributed by atoms with E-state index in [1.165, 1.54) is 12.7 Å². The number of benzene rings is 1. The molecular weight excluding hydrogens is 680 g/mol. The molecular formula is C29H34N10O10S. The number of rotatable bonds is 11. The average Bonchev–Trinajstić information content (AvgIpc) is 3.82. The minimum atomic E-state index is -4.63. The van der Waals surface area contributed by atoms with Crippen LogP contribution in [0.3, 0.4) is 0 Å². The van der Waals surface area contributed by atoms with Crippen molar-refractivity contribution in [1.82, 2.24) is 44.9 Å². The van der Waals surface area contributed by atoms with Crippen LogP contribution in [0.5, 0.6) is 0 Å². The van der Waals surface area contributed by atoms with E-state index in [1.54, 1.807) is 63.5 Å². The maximum Gasteiger partial charge on any atom is 0.413 e. The molecule has 0 saturated carbocycles. The van der Waals surface area contributed by atoms with Gasteiger partial charge in [-0.1, -0.05) is 24.3 Å². The summed E-state index contributed by atoms with van der Waals surface area (Å²) in [4.78, 5) is 50.6. The second-order valence-corrected chi connectivity index (χ2v) is 14.1. The van der Waals surface area contributed by atoms with Gasteiger partial charge in [0.2, 0.25) is 5.91 Å². The Morgan fingerprint density at radius 2 is 1.82 bits per heavy atom. The zero-order chi connectivity index (χ0) is 35.8. The molecule has 2 fully saturated rings. The number of imidazole rings is 1. The standard InChI is InChI=1S/C29H34N10O10S/c1-28(2,3)49-27(42)33-24-20-25(31-13-30-24)39(14-32-20)26-22-21(47-29(4,5)48-22)18(46-26)12-45-50(43,44)36-19(41)11-10-17(40)15-8-6-7-9-16(15)23-34-37-38-35-23/h6-9,13-14,18,21-22,26H,10-12H2,1-5H3,(H,36,41)(H,30,31,33,42)(H,34,35,37,38)/t18-,21-,22-,26-/m1/s1. The molecule has 1 aromatic carbocycles. The predicted molar refractivity (Wildman–Crippen MR) is 169 cm³/mol. The van der Waals surface area contributed by atoms with Crippen molar-refractivity contribution in [1.29, 1.82) is 0 Å². The number of ether oxygens (including phenoxy) is 4. The van der Waals surface area contributed by atoms with Gasteiger partial charge in [-0.25, -0.2) is 29.6 Å². The molecule has 50 heavy (non-hydrogen) atoms. The number of nitrogens with one attached hydrogen (secondary N) is 3. The number of tetrazole rings is 1. The van der Waals surface area contributed by atoms with Crippen LogP contribution in [0.1, 0.15) is 64.0 Å². The summed E-state index contributed by atoms with van der Waals surface area (Å²) >= 11 is 0. The highest BCUT2D eigenvalue weighted by molar-refractivity contribution is 7.85. The number of nitrogens with zero attached hydrogens (tertiary/aromatic N) is 7. The summed E-state index contributed by atoms with van der Waals surface area (Å²) in [5, 5.41) is 16.0. The number of fused-ring (bicyclic) bond motifs is 2. The van der Waals surface area contributed by atoms with E-state index in [-0.39, 0.29) is 34.8 Å². The van der Waals surface area contributed by atoms with Gasteiger partial charge in [-0.3, -0.25) is 23.7 Å². The molecule has 0 aliphatic carbocycles. The molecule has 6 rings (SSSR count). The number of amides is 2. The second kappa shape index (κ2) is 13.4. The fourth-order valence-corrected chi connectivity index (χ4v) is 6.24. The number of carbonyl (C=O) groups excluding carboxylic acids is 3. The van der Waals surface area contributed by atoms with Crippen LogP contribution in [0.15, 0.2) is 36.9 Å². The molecule has 21 heteroatoms. The third-order valence-corrected chi connectivity index (χ3v) is 8.33. The monoisotopic (exact) mass is 714 g/mol. The minimum Gasteiger partial charge on any atom is -0.444 e. The number of H-pyrrole nitrogens is 1. The Kier molecular flexibility index (Phi) is 9.35. The van der Waals surface area contributed by atoms with E-state index in [2.05, 4.69) is 40.9 Å². The quantitative estimate of drug-likeness (QED) is 0.187.